The molecule has 2 heterocycles. The molecule has 0 saturated carbocycles. The second-order valence-electron chi connectivity index (χ2n) is 4.65. The van der Waals surface area contributed by atoms with Crippen LogP contribution in [0.15, 0.2) is 49.1 Å². The maximum atomic E-state index is 11.2. The minimum absolute atomic E-state index is 0.134. The highest BCUT2D eigenvalue weighted by molar-refractivity contribution is 5.94. The number of hydrogen-bond acceptors (Lipinski definition) is 5. The molecule has 8 heteroatoms. The molecule has 8 nitrogen and oxygen atoms in total. The van der Waals surface area contributed by atoms with Gasteiger partial charge in [-0.25, -0.2) is 9.59 Å². The fraction of sp³-hybridized carbons (Fsp3) is 0. The summed E-state index contributed by atoms with van der Waals surface area (Å²) in [6.45, 7) is 0. The first kappa shape index (κ1) is 14.4. The number of nitrogens with zero attached hydrogens (tertiary/aromatic N) is 4. The molecule has 23 heavy (non-hydrogen) atoms. The number of rotatable bonds is 4. The highest BCUT2D eigenvalue weighted by Crippen LogP contribution is 2.22. The molecule has 2 N–H and O–H groups in total. The van der Waals surface area contributed by atoms with E-state index in [0.29, 0.717) is 17.1 Å². The van der Waals surface area contributed by atoms with Gasteiger partial charge in [0.05, 0.1) is 16.8 Å². The lowest BCUT2D eigenvalue weighted by atomic mass is 10.1. The van der Waals surface area contributed by atoms with E-state index in [2.05, 4.69) is 15.2 Å². The maximum Gasteiger partial charge on any atom is 0.335 e. The molecule has 3 rings (SSSR count). The van der Waals surface area contributed by atoms with Crippen LogP contribution in [0.2, 0.25) is 0 Å². The molecule has 0 fully saturated rings. The summed E-state index contributed by atoms with van der Waals surface area (Å²) in [5.41, 5.74) is 0.741. The van der Waals surface area contributed by atoms with Crippen molar-refractivity contribution in [1.29, 1.82) is 0 Å². The van der Waals surface area contributed by atoms with Crippen LogP contribution in [-0.2, 0) is 0 Å². The lowest BCUT2D eigenvalue weighted by Gasteiger charge is -2.09. The number of benzene rings is 1. The smallest absolute Gasteiger partial charge is 0.335 e. The summed E-state index contributed by atoms with van der Waals surface area (Å²) < 4.78 is 1.51. The number of aromatic carboxylic acids is 2. The molecule has 0 aliphatic carbocycles. The lowest BCUT2D eigenvalue weighted by Crippen LogP contribution is -2.06. The average molecular weight is 310 g/mol. The molecule has 0 aliphatic rings. The molecule has 0 amide bonds. The Balaban J connectivity index is 2.18. The van der Waals surface area contributed by atoms with Gasteiger partial charge in [-0.15, -0.1) is 10.2 Å². The van der Waals surface area contributed by atoms with Gasteiger partial charge in [-0.2, -0.15) is 0 Å². The van der Waals surface area contributed by atoms with Gasteiger partial charge in [0.1, 0.15) is 6.33 Å². The van der Waals surface area contributed by atoms with Gasteiger partial charge in [-0.1, -0.05) is 0 Å². The van der Waals surface area contributed by atoms with E-state index >= 15 is 0 Å². The van der Waals surface area contributed by atoms with E-state index in [4.69, 9.17) is 10.2 Å². The number of carbonyl (C=O) groups is 2. The van der Waals surface area contributed by atoms with Gasteiger partial charge >= 0.3 is 11.9 Å². The van der Waals surface area contributed by atoms with Crippen molar-refractivity contribution in [3.05, 3.63) is 60.2 Å². The van der Waals surface area contributed by atoms with E-state index in [0.717, 1.165) is 6.07 Å². The van der Waals surface area contributed by atoms with Crippen LogP contribution >= 0.6 is 0 Å². The second-order valence-corrected chi connectivity index (χ2v) is 4.65. The third-order valence-electron chi connectivity index (χ3n) is 3.16. The number of carboxylic acid groups (broad SMARTS) is 2. The Kier molecular flexibility index (Phi) is 3.55. The van der Waals surface area contributed by atoms with Crippen molar-refractivity contribution in [2.75, 3.05) is 0 Å². The van der Waals surface area contributed by atoms with Crippen molar-refractivity contribution in [2.24, 2.45) is 0 Å². The van der Waals surface area contributed by atoms with Crippen molar-refractivity contribution in [1.82, 2.24) is 19.7 Å². The number of carboxylic acids is 2. The third kappa shape index (κ3) is 2.77. The number of aromatic nitrogens is 4. The van der Waals surface area contributed by atoms with Gasteiger partial charge in [0.25, 0.3) is 0 Å². The van der Waals surface area contributed by atoms with Crippen LogP contribution in [0.5, 0.6) is 0 Å². The predicted octanol–water partition coefficient (Wildman–Crippen LogP) is 1.73. The summed E-state index contributed by atoms with van der Waals surface area (Å²) in [7, 11) is 0. The standard InChI is InChI=1S/C15H10N4O4/c20-14(21)10-4-11(15(22)23)6-12(5-10)19-8-17-18-13(19)9-2-1-3-16-7-9/h1-8H,(H,20,21)(H,22,23). The maximum absolute atomic E-state index is 11.2. The Morgan fingerprint density at radius 3 is 2.30 bits per heavy atom. The second kappa shape index (κ2) is 5.68. The van der Waals surface area contributed by atoms with Gasteiger partial charge in [0.2, 0.25) is 0 Å². The number of pyridine rings is 1. The zero-order chi connectivity index (χ0) is 16.4. The summed E-state index contributed by atoms with van der Waals surface area (Å²) in [5.74, 6) is -2.01. The Morgan fingerprint density at radius 1 is 1.04 bits per heavy atom. The highest BCUT2D eigenvalue weighted by atomic mass is 16.4. The number of hydrogen-bond donors (Lipinski definition) is 2. The first-order valence-corrected chi connectivity index (χ1v) is 6.49. The van der Waals surface area contributed by atoms with Gasteiger partial charge in [0.15, 0.2) is 5.82 Å². The van der Waals surface area contributed by atoms with Crippen LogP contribution in [0, 0.1) is 0 Å². The fourth-order valence-electron chi connectivity index (χ4n) is 2.11. The summed E-state index contributed by atoms with van der Waals surface area (Å²) in [4.78, 5) is 26.4. The Bertz CT molecular complexity index is 857. The van der Waals surface area contributed by atoms with E-state index in [1.54, 1.807) is 24.5 Å². The minimum Gasteiger partial charge on any atom is -0.478 e. The van der Waals surface area contributed by atoms with Crippen molar-refractivity contribution in [3.8, 4) is 17.1 Å². The van der Waals surface area contributed by atoms with E-state index in [1.165, 1.54) is 23.0 Å². The summed E-state index contributed by atoms with van der Waals surface area (Å²) in [6, 6.07) is 7.32. The SMILES string of the molecule is O=C(O)c1cc(C(=O)O)cc(-n2cnnc2-c2cccnc2)c1. The molecular formula is C15H10N4O4. The Labute approximate surface area is 129 Å². The molecule has 0 spiro atoms. The molecule has 0 aliphatic heterocycles. The first-order chi connectivity index (χ1) is 11.1. The molecule has 0 atom stereocenters. The molecular weight excluding hydrogens is 300 g/mol. The van der Waals surface area contributed by atoms with E-state index in [1.807, 2.05) is 0 Å². The van der Waals surface area contributed by atoms with Crippen molar-refractivity contribution < 1.29 is 19.8 Å². The van der Waals surface area contributed by atoms with Crippen molar-refractivity contribution >= 4 is 11.9 Å². The highest BCUT2D eigenvalue weighted by Gasteiger charge is 2.15. The largest absolute Gasteiger partial charge is 0.478 e. The topological polar surface area (TPSA) is 118 Å². The molecule has 114 valence electrons. The Morgan fingerprint density at radius 2 is 1.74 bits per heavy atom. The molecule has 1 aromatic carbocycles. The predicted molar refractivity (Wildman–Crippen MR) is 78.5 cm³/mol. The van der Waals surface area contributed by atoms with Crippen LogP contribution in [0.3, 0.4) is 0 Å². The van der Waals surface area contributed by atoms with Gasteiger partial charge in [-0.05, 0) is 30.3 Å². The van der Waals surface area contributed by atoms with Crippen molar-refractivity contribution in [3.63, 3.8) is 0 Å². The molecule has 0 bridgehead atoms. The molecule has 0 unspecified atom stereocenters. The molecule has 2 aromatic heterocycles. The quantitative estimate of drug-likeness (QED) is 0.753. The zero-order valence-corrected chi connectivity index (χ0v) is 11.6. The van der Waals surface area contributed by atoms with Crippen LogP contribution in [0.25, 0.3) is 17.1 Å². The van der Waals surface area contributed by atoms with Crippen LogP contribution < -0.4 is 0 Å². The van der Waals surface area contributed by atoms with Crippen LogP contribution in [-0.4, -0.2) is 41.9 Å². The molecule has 0 radical (unpaired) electrons. The minimum atomic E-state index is -1.22. The van der Waals surface area contributed by atoms with Crippen LogP contribution in [0.1, 0.15) is 20.7 Å². The zero-order valence-electron chi connectivity index (χ0n) is 11.6. The monoisotopic (exact) mass is 310 g/mol. The summed E-state index contributed by atoms with van der Waals surface area (Å²) in [6.07, 6.45) is 4.58. The van der Waals surface area contributed by atoms with Crippen LogP contribution in [0.4, 0.5) is 0 Å². The van der Waals surface area contributed by atoms with E-state index in [9.17, 15) is 9.59 Å². The van der Waals surface area contributed by atoms with Crippen molar-refractivity contribution in [2.45, 2.75) is 0 Å². The normalized spacial score (nSPS) is 10.4. The lowest BCUT2D eigenvalue weighted by molar-refractivity contribution is 0.0696. The van der Waals surface area contributed by atoms with E-state index < -0.39 is 11.9 Å². The van der Waals surface area contributed by atoms with Gasteiger partial charge in [-0.3, -0.25) is 9.55 Å². The average Bonchev–Trinajstić information content (AvgIpc) is 3.04. The summed E-state index contributed by atoms with van der Waals surface area (Å²) in [5, 5.41) is 26.1. The van der Waals surface area contributed by atoms with E-state index in [-0.39, 0.29) is 11.1 Å². The summed E-state index contributed by atoms with van der Waals surface area (Å²) >= 11 is 0. The molecule has 0 saturated heterocycles. The fourth-order valence-corrected chi connectivity index (χ4v) is 2.11. The first-order valence-electron chi connectivity index (χ1n) is 6.49. The molecule has 3 aromatic rings. The third-order valence-corrected chi connectivity index (χ3v) is 3.16. The van der Waals surface area contributed by atoms with Gasteiger partial charge in [0, 0.05) is 18.0 Å². The Hall–Kier alpha value is -3.55. The van der Waals surface area contributed by atoms with Gasteiger partial charge < -0.3 is 10.2 Å².